The number of nitriles is 1. The maximum absolute atomic E-state index is 12.7. The molecule has 0 saturated heterocycles. The van der Waals surface area contributed by atoms with Crippen molar-refractivity contribution < 1.29 is 9.53 Å². The highest BCUT2D eigenvalue weighted by Crippen LogP contribution is 2.24. The van der Waals surface area contributed by atoms with E-state index in [0.717, 1.165) is 16.7 Å². The van der Waals surface area contributed by atoms with Crippen molar-refractivity contribution in [1.82, 2.24) is 0 Å². The average molecular weight is 411 g/mol. The van der Waals surface area contributed by atoms with Gasteiger partial charge in [-0.15, -0.1) is 0 Å². The van der Waals surface area contributed by atoms with E-state index in [0.29, 0.717) is 23.6 Å². The third kappa shape index (κ3) is 5.61. The summed E-state index contributed by atoms with van der Waals surface area (Å²) in [5.41, 5.74) is 6.89. The Balaban J connectivity index is 1.82. The van der Waals surface area contributed by atoms with E-state index < -0.39 is 5.91 Å². The van der Waals surface area contributed by atoms with E-state index in [2.05, 4.69) is 37.4 Å². The van der Waals surface area contributed by atoms with Gasteiger partial charge < -0.3 is 10.1 Å². The molecule has 0 atom stereocenters. The first-order valence-electron chi connectivity index (χ1n) is 10.2. The first-order valence-corrected chi connectivity index (χ1v) is 10.2. The molecule has 0 heterocycles. The molecule has 3 aromatic carbocycles. The lowest BCUT2D eigenvalue weighted by molar-refractivity contribution is -0.112. The second-order valence-corrected chi connectivity index (χ2v) is 7.69. The lowest BCUT2D eigenvalue weighted by Gasteiger charge is -2.12. The van der Waals surface area contributed by atoms with E-state index >= 15 is 0 Å². The Hall–Kier alpha value is -3.84. The number of amides is 1. The van der Waals surface area contributed by atoms with Gasteiger partial charge in [0.15, 0.2) is 0 Å². The van der Waals surface area contributed by atoms with E-state index in [1.165, 1.54) is 11.1 Å². The lowest BCUT2D eigenvalue weighted by Crippen LogP contribution is -2.14. The minimum Gasteiger partial charge on any atom is -0.488 e. The van der Waals surface area contributed by atoms with Crippen molar-refractivity contribution in [3.05, 3.63) is 99.6 Å². The molecule has 0 spiro atoms. The summed E-state index contributed by atoms with van der Waals surface area (Å²) >= 11 is 0. The van der Waals surface area contributed by atoms with Crippen molar-refractivity contribution in [2.75, 3.05) is 5.32 Å². The maximum atomic E-state index is 12.7. The molecular formula is C27H26N2O2. The van der Waals surface area contributed by atoms with Gasteiger partial charge in [-0.25, -0.2) is 0 Å². The van der Waals surface area contributed by atoms with Crippen molar-refractivity contribution in [2.45, 2.75) is 34.3 Å². The number of carbonyl (C=O) groups is 1. The zero-order valence-corrected chi connectivity index (χ0v) is 18.3. The van der Waals surface area contributed by atoms with Gasteiger partial charge in [0.2, 0.25) is 0 Å². The van der Waals surface area contributed by atoms with Crippen LogP contribution in [-0.2, 0) is 11.4 Å². The second-order valence-electron chi connectivity index (χ2n) is 7.69. The zero-order valence-electron chi connectivity index (χ0n) is 18.3. The van der Waals surface area contributed by atoms with Gasteiger partial charge in [0.1, 0.15) is 24.0 Å². The predicted octanol–water partition coefficient (Wildman–Crippen LogP) is 6.04. The Labute approximate surface area is 183 Å². The number of hydrogen-bond acceptors (Lipinski definition) is 3. The molecule has 0 aliphatic carbocycles. The molecule has 3 rings (SSSR count). The van der Waals surface area contributed by atoms with Crippen molar-refractivity contribution >= 4 is 17.7 Å². The molecule has 0 bridgehead atoms. The van der Waals surface area contributed by atoms with Gasteiger partial charge in [0.05, 0.1) is 0 Å². The SMILES string of the molecule is Cc1cc(C)cc(COc2ccccc2/C=C(\C#N)C(=O)Nc2cccc(C)c2C)c1. The molecule has 0 saturated carbocycles. The minimum atomic E-state index is -0.444. The van der Waals surface area contributed by atoms with Gasteiger partial charge >= 0.3 is 0 Å². The van der Waals surface area contributed by atoms with Crippen LogP contribution in [0.1, 0.15) is 33.4 Å². The summed E-state index contributed by atoms with van der Waals surface area (Å²) in [4.78, 5) is 12.7. The quantitative estimate of drug-likeness (QED) is 0.398. The fraction of sp³-hybridized carbons (Fsp3) is 0.185. The Morgan fingerprint density at radius 1 is 1.00 bits per heavy atom. The third-order valence-corrected chi connectivity index (χ3v) is 5.11. The Kier molecular flexibility index (Phi) is 6.89. The molecule has 4 heteroatoms. The summed E-state index contributed by atoms with van der Waals surface area (Å²) in [6.07, 6.45) is 1.57. The van der Waals surface area contributed by atoms with Gasteiger partial charge in [0, 0.05) is 11.3 Å². The second kappa shape index (κ2) is 9.77. The molecule has 4 nitrogen and oxygen atoms in total. The van der Waals surface area contributed by atoms with Gasteiger partial charge in [0.25, 0.3) is 5.91 Å². The molecule has 0 radical (unpaired) electrons. The Morgan fingerprint density at radius 2 is 1.71 bits per heavy atom. The number of nitrogens with one attached hydrogen (secondary N) is 1. The monoisotopic (exact) mass is 410 g/mol. The number of benzene rings is 3. The highest BCUT2D eigenvalue weighted by atomic mass is 16.5. The fourth-order valence-electron chi connectivity index (χ4n) is 3.42. The maximum Gasteiger partial charge on any atom is 0.266 e. The number of nitrogens with zero attached hydrogens (tertiary/aromatic N) is 1. The van der Waals surface area contributed by atoms with Crippen LogP contribution in [0.15, 0.2) is 66.2 Å². The largest absolute Gasteiger partial charge is 0.488 e. The molecular weight excluding hydrogens is 384 g/mol. The average Bonchev–Trinajstić information content (AvgIpc) is 2.73. The van der Waals surface area contributed by atoms with Gasteiger partial charge in [-0.05, 0) is 62.6 Å². The predicted molar refractivity (Wildman–Crippen MR) is 125 cm³/mol. The summed E-state index contributed by atoms with van der Waals surface area (Å²) in [6.45, 7) is 8.44. The normalized spacial score (nSPS) is 11.0. The number of carbonyl (C=O) groups excluding carboxylic acids is 1. The van der Waals surface area contributed by atoms with E-state index in [4.69, 9.17) is 4.74 Å². The molecule has 0 aliphatic heterocycles. The topological polar surface area (TPSA) is 62.1 Å². The van der Waals surface area contributed by atoms with Gasteiger partial charge in [-0.2, -0.15) is 5.26 Å². The van der Waals surface area contributed by atoms with Crippen molar-refractivity contribution in [1.29, 1.82) is 5.26 Å². The molecule has 31 heavy (non-hydrogen) atoms. The van der Waals surface area contributed by atoms with E-state index in [-0.39, 0.29) is 5.57 Å². The zero-order chi connectivity index (χ0) is 22.4. The van der Waals surface area contributed by atoms with Crippen LogP contribution in [0, 0.1) is 39.0 Å². The van der Waals surface area contributed by atoms with E-state index in [1.807, 2.05) is 62.4 Å². The van der Waals surface area contributed by atoms with Crippen LogP contribution in [0.3, 0.4) is 0 Å². The molecule has 0 aliphatic rings. The highest BCUT2D eigenvalue weighted by Gasteiger charge is 2.13. The number of rotatable bonds is 6. The van der Waals surface area contributed by atoms with Crippen LogP contribution in [0.4, 0.5) is 5.69 Å². The Bertz CT molecular complexity index is 1170. The molecule has 1 N–H and O–H groups in total. The third-order valence-electron chi connectivity index (χ3n) is 5.11. The highest BCUT2D eigenvalue weighted by molar-refractivity contribution is 6.10. The molecule has 156 valence electrons. The standard InChI is InChI=1S/C27H26N2O2/c1-18-12-19(2)14-22(13-18)17-31-26-11-6-5-9-23(26)15-24(16-28)27(30)29-25-10-7-8-20(3)21(25)4/h5-15H,17H2,1-4H3,(H,29,30)/b24-15+. The number of para-hydroxylation sites is 1. The first-order chi connectivity index (χ1) is 14.9. The first kappa shape index (κ1) is 21.9. The smallest absolute Gasteiger partial charge is 0.266 e. The van der Waals surface area contributed by atoms with Crippen LogP contribution in [-0.4, -0.2) is 5.91 Å². The fourth-order valence-corrected chi connectivity index (χ4v) is 3.42. The molecule has 0 fully saturated rings. The number of anilines is 1. The summed E-state index contributed by atoms with van der Waals surface area (Å²) in [5, 5.41) is 12.4. The number of hydrogen-bond donors (Lipinski definition) is 1. The van der Waals surface area contributed by atoms with E-state index in [9.17, 15) is 10.1 Å². The van der Waals surface area contributed by atoms with Crippen LogP contribution in [0.5, 0.6) is 5.75 Å². The van der Waals surface area contributed by atoms with Crippen LogP contribution in [0.2, 0.25) is 0 Å². The molecule has 0 aromatic heterocycles. The number of aryl methyl sites for hydroxylation is 3. The van der Waals surface area contributed by atoms with E-state index in [1.54, 1.807) is 6.08 Å². The lowest BCUT2D eigenvalue weighted by atomic mass is 10.1. The van der Waals surface area contributed by atoms with Gasteiger partial charge in [-0.1, -0.05) is 59.7 Å². The summed E-state index contributed by atoms with van der Waals surface area (Å²) in [5.74, 6) is 0.175. The summed E-state index contributed by atoms with van der Waals surface area (Å²) in [7, 11) is 0. The molecule has 1 amide bonds. The minimum absolute atomic E-state index is 0.0170. The Morgan fingerprint density at radius 3 is 2.42 bits per heavy atom. The van der Waals surface area contributed by atoms with Crippen molar-refractivity contribution in [2.24, 2.45) is 0 Å². The molecule has 0 unspecified atom stereocenters. The molecule has 3 aromatic rings. The van der Waals surface area contributed by atoms with Crippen molar-refractivity contribution in [3.63, 3.8) is 0 Å². The van der Waals surface area contributed by atoms with Crippen LogP contribution in [0.25, 0.3) is 6.08 Å². The summed E-state index contributed by atoms with van der Waals surface area (Å²) < 4.78 is 6.03. The van der Waals surface area contributed by atoms with Gasteiger partial charge in [-0.3, -0.25) is 4.79 Å². The van der Waals surface area contributed by atoms with Crippen molar-refractivity contribution in [3.8, 4) is 11.8 Å². The number of ether oxygens (including phenoxy) is 1. The van der Waals surface area contributed by atoms with Crippen LogP contribution >= 0.6 is 0 Å². The summed E-state index contributed by atoms with van der Waals surface area (Å²) in [6, 6.07) is 21.4. The van der Waals surface area contributed by atoms with Crippen LogP contribution < -0.4 is 10.1 Å².